The molecule has 4 nitrogen and oxygen atoms in total. The third-order valence-corrected chi connectivity index (χ3v) is 4.56. The normalized spacial score (nSPS) is 9.65. The van der Waals surface area contributed by atoms with Gasteiger partial charge < -0.3 is 11.3 Å². The van der Waals surface area contributed by atoms with Crippen molar-refractivity contribution in [2.75, 3.05) is 14.2 Å². The summed E-state index contributed by atoms with van der Waals surface area (Å²) < 4.78 is 9.10. The van der Waals surface area contributed by atoms with Gasteiger partial charge in [-0.3, -0.25) is 0 Å². The Morgan fingerprint density at radius 3 is 1.27 bits per heavy atom. The van der Waals surface area contributed by atoms with Crippen LogP contribution in [0.25, 0.3) is 0 Å². The van der Waals surface area contributed by atoms with Gasteiger partial charge in [0, 0.05) is 5.97 Å². The molecule has 0 aliphatic carbocycles. The van der Waals surface area contributed by atoms with Crippen LogP contribution in [0.4, 0.5) is 0 Å². The number of rotatable bonds is 18. The molecule has 1 radical (unpaired) electrons. The average molecular weight is 432 g/mol. The first-order chi connectivity index (χ1) is 12.2. The number of aliphatic carboxylic acids is 1. The fourth-order valence-electron chi connectivity index (χ4n) is 2.74. The number of carboxylic acids is 1. The molecular formula is C20H42AlCoO4+. The van der Waals surface area contributed by atoms with E-state index in [0.29, 0.717) is 0 Å². The zero-order chi connectivity index (χ0) is 19.0. The van der Waals surface area contributed by atoms with Crippen molar-refractivity contribution in [3.8, 4) is 0 Å². The van der Waals surface area contributed by atoms with Crippen molar-refractivity contribution in [2.24, 2.45) is 0 Å². The second-order valence-corrected chi connectivity index (χ2v) is 7.77. The van der Waals surface area contributed by atoms with Gasteiger partial charge in [0.05, 0.1) is 0 Å². The molecular weight excluding hydrogens is 390 g/mol. The molecule has 0 bridgehead atoms. The van der Waals surface area contributed by atoms with Gasteiger partial charge >= 0.3 is 54.5 Å². The standard InChI is InChI=1S/C18H36O2.2CH3O.Al.Co.H/c1-2-3-4-5-6-7-8-9-10-11-12-13-14-15-16-17-18(19)20;2*1-2;;;/h2-17H2,1H3,(H,19,20);2*1H3;;;/q;2*-1;+3;+2;-1/p-1. The molecule has 0 fully saturated rings. The number of unbranched alkanes of at least 4 members (excludes halogenated alkanes) is 14. The zero-order valence-corrected chi connectivity index (χ0v) is 19.6. The first-order valence-electron chi connectivity index (χ1n) is 10.3. The van der Waals surface area contributed by atoms with Crippen molar-refractivity contribution >= 4 is 21.9 Å². The Balaban J connectivity index is -0.000000333. The molecule has 6 heteroatoms. The fraction of sp³-hybridized carbons (Fsp3) is 0.950. The van der Waals surface area contributed by atoms with Crippen molar-refractivity contribution in [1.82, 2.24) is 0 Å². The summed E-state index contributed by atoms with van der Waals surface area (Å²) in [5.74, 6) is -0.903. The van der Waals surface area contributed by atoms with Crippen LogP contribution in [-0.4, -0.2) is 36.1 Å². The summed E-state index contributed by atoms with van der Waals surface area (Å²) in [6.07, 6.45) is 19.9. The SMILES string of the molecule is CCCCCCCCCCCCCCCCCC(=O)[O-].C[O][Al+][O]C.[Co+2].[H-]. The monoisotopic (exact) mass is 432 g/mol. The Bertz CT molecular complexity index is 260. The smallest absolute Gasteiger partial charge is 1.00 e. The van der Waals surface area contributed by atoms with E-state index in [1.54, 1.807) is 14.2 Å². The molecule has 0 saturated heterocycles. The van der Waals surface area contributed by atoms with E-state index in [1.807, 2.05) is 0 Å². The van der Waals surface area contributed by atoms with E-state index in [9.17, 15) is 9.90 Å². The summed E-state index contributed by atoms with van der Waals surface area (Å²) in [6, 6.07) is 0. The Kier molecular flexibility index (Phi) is 36.1. The van der Waals surface area contributed by atoms with E-state index >= 15 is 0 Å². The van der Waals surface area contributed by atoms with Gasteiger partial charge in [-0.05, 0) is 12.8 Å². The van der Waals surface area contributed by atoms with Gasteiger partial charge in [0.1, 0.15) is 0 Å². The molecule has 0 saturated carbocycles. The van der Waals surface area contributed by atoms with Gasteiger partial charge in [-0.25, -0.2) is 0 Å². The van der Waals surface area contributed by atoms with Gasteiger partial charge in [-0.15, -0.1) is 0 Å². The molecule has 0 aliphatic rings. The Hall–Kier alpha value is 0.429. The van der Waals surface area contributed by atoms with E-state index < -0.39 is 5.97 Å². The number of carbonyl (C=O) groups excluding carboxylic acids is 1. The van der Waals surface area contributed by atoms with Crippen molar-refractivity contribution in [3.05, 3.63) is 0 Å². The Labute approximate surface area is 181 Å². The molecule has 0 aromatic carbocycles. The first-order valence-corrected chi connectivity index (χ1v) is 11.2. The van der Waals surface area contributed by atoms with E-state index in [-0.39, 0.29) is 40.5 Å². The topological polar surface area (TPSA) is 58.6 Å². The van der Waals surface area contributed by atoms with Crippen LogP contribution < -0.4 is 5.11 Å². The van der Waals surface area contributed by atoms with E-state index in [1.165, 1.54) is 83.5 Å². The third kappa shape index (κ3) is 35.5. The number of carbonyl (C=O) groups is 1. The summed E-state index contributed by atoms with van der Waals surface area (Å²) in [4.78, 5) is 10.2. The van der Waals surface area contributed by atoms with Crippen LogP contribution in [0.1, 0.15) is 111 Å². The molecule has 0 aliphatic heterocycles. The summed E-state index contributed by atoms with van der Waals surface area (Å²) in [5.41, 5.74) is 0. The fourth-order valence-corrected chi connectivity index (χ4v) is 2.93. The summed E-state index contributed by atoms with van der Waals surface area (Å²) in [7, 11) is 3.25. The number of hydrogen-bond donors (Lipinski definition) is 0. The molecule has 157 valence electrons. The van der Waals surface area contributed by atoms with E-state index in [2.05, 4.69) is 14.5 Å². The minimum absolute atomic E-state index is 0. The Morgan fingerprint density at radius 2 is 1.04 bits per heavy atom. The zero-order valence-electron chi connectivity index (χ0n) is 18.4. The first kappa shape index (κ1) is 31.1. The van der Waals surface area contributed by atoms with Crippen LogP contribution in [-0.2, 0) is 29.2 Å². The minimum Gasteiger partial charge on any atom is -1.00 e. The van der Waals surface area contributed by atoms with Crippen molar-refractivity contribution in [1.29, 1.82) is 0 Å². The second kappa shape index (κ2) is 30.2. The Morgan fingerprint density at radius 1 is 0.731 bits per heavy atom. The van der Waals surface area contributed by atoms with Crippen molar-refractivity contribution in [3.63, 3.8) is 0 Å². The van der Waals surface area contributed by atoms with Gasteiger partial charge in [0.15, 0.2) is 0 Å². The summed E-state index contributed by atoms with van der Waals surface area (Å²) >= 11 is -0.185. The molecule has 26 heavy (non-hydrogen) atoms. The van der Waals surface area contributed by atoms with Gasteiger partial charge in [-0.1, -0.05) is 96.8 Å². The predicted octanol–water partition coefficient (Wildman–Crippen LogP) is 4.92. The molecule has 0 atom stereocenters. The van der Waals surface area contributed by atoms with Crippen LogP contribution >= 0.6 is 0 Å². The molecule has 0 amide bonds. The third-order valence-electron chi connectivity index (χ3n) is 4.18. The van der Waals surface area contributed by atoms with Crippen LogP contribution in [0.2, 0.25) is 0 Å². The maximum absolute atomic E-state index is 10.2. The van der Waals surface area contributed by atoms with Crippen LogP contribution in [0.15, 0.2) is 0 Å². The van der Waals surface area contributed by atoms with Crippen molar-refractivity contribution in [2.45, 2.75) is 110 Å². The van der Waals surface area contributed by atoms with Gasteiger partial charge in [0.2, 0.25) is 0 Å². The largest absolute Gasteiger partial charge is 2.00 e. The van der Waals surface area contributed by atoms with E-state index in [0.717, 1.165) is 12.8 Å². The van der Waals surface area contributed by atoms with Crippen LogP contribution in [0.3, 0.4) is 0 Å². The molecule has 0 rings (SSSR count). The molecule has 0 heterocycles. The van der Waals surface area contributed by atoms with Gasteiger partial charge in [-0.2, -0.15) is 0 Å². The van der Waals surface area contributed by atoms with Gasteiger partial charge in [0.25, 0.3) is 0 Å². The average Bonchev–Trinajstić information content (AvgIpc) is 2.59. The summed E-state index contributed by atoms with van der Waals surface area (Å²) in [5, 5.41) is 10.2. The van der Waals surface area contributed by atoms with Crippen LogP contribution in [0, 0.1) is 0 Å². The molecule has 0 spiro atoms. The van der Waals surface area contributed by atoms with E-state index in [4.69, 9.17) is 0 Å². The minimum atomic E-state index is -0.903. The maximum Gasteiger partial charge on any atom is 2.00 e. The number of hydrogen-bond acceptors (Lipinski definition) is 4. The molecule has 0 N–H and O–H groups in total. The van der Waals surface area contributed by atoms with Crippen molar-refractivity contribution < 1.29 is 35.7 Å². The number of carboxylic acid groups (broad SMARTS) is 1. The second-order valence-electron chi connectivity index (χ2n) is 6.64. The summed E-state index contributed by atoms with van der Waals surface area (Å²) in [6.45, 7) is 2.27. The quantitative estimate of drug-likeness (QED) is 0.228. The predicted molar refractivity (Wildman–Crippen MR) is 105 cm³/mol. The maximum atomic E-state index is 10.2. The molecule has 0 unspecified atom stereocenters. The van der Waals surface area contributed by atoms with Crippen LogP contribution in [0.5, 0.6) is 0 Å². The molecule has 0 aromatic heterocycles. The molecule has 0 aromatic rings.